The molecule has 0 aromatic carbocycles. The van der Waals surface area contributed by atoms with Gasteiger partial charge in [0, 0.05) is 0 Å². The summed E-state index contributed by atoms with van der Waals surface area (Å²) in [5.74, 6) is 0. The highest BCUT2D eigenvalue weighted by Gasteiger charge is 1.65. The average Bonchev–Trinajstić information content (AvgIpc) is 1.89. The van der Waals surface area contributed by atoms with Gasteiger partial charge in [0.25, 0.3) is 0 Å². The molecule has 0 unspecified atom stereocenters. The third kappa shape index (κ3) is 10.1. The van der Waals surface area contributed by atoms with Crippen LogP contribution < -0.4 is 0 Å². The first kappa shape index (κ1) is 11.8. The molecule has 0 aliphatic heterocycles. The van der Waals surface area contributed by atoms with E-state index < -0.39 is 0 Å². The van der Waals surface area contributed by atoms with Crippen LogP contribution in [-0.2, 0) is 0 Å². The molecule has 0 aliphatic carbocycles. The number of rotatable bonds is 3. The molecular weight excluding hydrogens is 146 g/mol. The van der Waals surface area contributed by atoms with E-state index in [2.05, 4.69) is 6.58 Å². The SMILES string of the molecule is C=CC=CC=CCC#N.Cl. The fraction of sp³-hybridized carbons (Fsp3) is 0.125. The normalized spacial score (nSPS) is 9.10. The van der Waals surface area contributed by atoms with Crippen molar-refractivity contribution in [1.82, 2.24) is 0 Å². The molecule has 0 radical (unpaired) electrons. The van der Waals surface area contributed by atoms with E-state index >= 15 is 0 Å². The van der Waals surface area contributed by atoms with Crippen molar-refractivity contribution in [2.45, 2.75) is 6.42 Å². The third-order valence-electron chi connectivity index (χ3n) is 0.704. The van der Waals surface area contributed by atoms with Gasteiger partial charge >= 0.3 is 0 Å². The highest BCUT2D eigenvalue weighted by atomic mass is 35.5. The van der Waals surface area contributed by atoms with Crippen LogP contribution in [0.3, 0.4) is 0 Å². The van der Waals surface area contributed by atoms with Gasteiger partial charge in [-0.05, 0) is 0 Å². The molecule has 0 bridgehead atoms. The molecule has 0 rings (SSSR count). The van der Waals surface area contributed by atoms with Crippen molar-refractivity contribution in [3.8, 4) is 6.07 Å². The van der Waals surface area contributed by atoms with Gasteiger partial charge in [-0.15, -0.1) is 12.4 Å². The van der Waals surface area contributed by atoms with Crippen LogP contribution >= 0.6 is 12.4 Å². The van der Waals surface area contributed by atoms with Gasteiger partial charge < -0.3 is 0 Å². The molecule has 0 aromatic rings. The van der Waals surface area contributed by atoms with Crippen molar-refractivity contribution < 1.29 is 0 Å². The van der Waals surface area contributed by atoms with E-state index in [1.54, 1.807) is 12.2 Å². The summed E-state index contributed by atoms with van der Waals surface area (Å²) in [6.45, 7) is 3.49. The number of nitrogens with zero attached hydrogens (tertiary/aromatic N) is 1. The summed E-state index contributed by atoms with van der Waals surface area (Å²) >= 11 is 0. The monoisotopic (exact) mass is 155 g/mol. The van der Waals surface area contributed by atoms with Gasteiger partial charge in [-0.3, -0.25) is 0 Å². The van der Waals surface area contributed by atoms with E-state index in [-0.39, 0.29) is 12.4 Å². The van der Waals surface area contributed by atoms with Crippen LogP contribution in [0, 0.1) is 11.3 Å². The zero-order valence-electron chi connectivity index (χ0n) is 5.66. The van der Waals surface area contributed by atoms with Crippen molar-refractivity contribution in [3.63, 3.8) is 0 Å². The van der Waals surface area contributed by atoms with Gasteiger partial charge in [-0.1, -0.05) is 37.0 Å². The molecule has 54 valence electrons. The van der Waals surface area contributed by atoms with Crippen LogP contribution in [0.1, 0.15) is 6.42 Å². The third-order valence-corrected chi connectivity index (χ3v) is 0.704. The summed E-state index contributed by atoms with van der Waals surface area (Å²) in [7, 11) is 0. The standard InChI is InChI=1S/C8H9N.ClH/c1-2-3-4-5-6-7-8-9;/h2-6H,1,7H2;1H. The Hall–Kier alpha value is -1.00. The number of halogens is 1. The number of nitriles is 1. The minimum absolute atomic E-state index is 0. The summed E-state index contributed by atoms with van der Waals surface area (Å²) in [5.41, 5.74) is 0. The molecule has 0 saturated heterocycles. The molecule has 0 N–H and O–H groups in total. The predicted molar refractivity (Wildman–Crippen MR) is 46.0 cm³/mol. The van der Waals surface area contributed by atoms with Crippen LogP contribution in [0.5, 0.6) is 0 Å². The first-order valence-electron chi connectivity index (χ1n) is 2.73. The highest BCUT2D eigenvalue weighted by Crippen LogP contribution is 1.81. The molecule has 0 saturated carbocycles. The maximum Gasteiger partial charge on any atom is 0.0663 e. The molecule has 1 nitrogen and oxygen atoms in total. The van der Waals surface area contributed by atoms with E-state index in [1.165, 1.54) is 0 Å². The average molecular weight is 156 g/mol. The Balaban J connectivity index is 0. The van der Waals surface area contributed by atoms with E-state index in [0.29, 0.717) is 6.42 Å². The molecule has 0 spiro atoms. The predicted octanol–water partition coefficient (Wildman–Crippen LogP) is 2.62. The number of allylic oxidation sites excluding steroid dienone is 5. The second-order valence-corrected chi connectivity index (χ2v) is 1.41. The van der Waals surface area contributed by atoms with Gasteiger partial charge in [0.15, 0.2) is 0 Å². The lowest BCUT2D eigenvalue weighted by atomic mass is 10.4. The minimum Gasteiger partial charge on any atom is -0.198 e. The topological polar surface area (TPSA) is 23.8 Å². The second-order valence-electron chi connectivity index (χ2n) is 1.41. The fourth-order valence-corrected chi connectivity index (χ4v) is 0.342. The van der Waals surface area contributed by atoms with E-state index in [4.69, 9.17) is 5.26 Å². The van der Waals surface area contributed by atoms with Crippen LogP contribution in [0.2, 0.25) is 0 Å². The summed E-state index contributed by atoms with van der Waals surface area (Å²) < 4.78 is 0. The smallest absolute Gasteiger partial charge is 0.0663 e. The lowest BCUT2D eigenvalue weighted by molar-refractivity contribution is 1.35. The summed E-state index contributed by atoms with van der Waals surface area (Å²) in [4.78, 5) is 0. The molecule has 2 heteroatoms. The van der Waals surface area contributed by atoms with Crippen molar-refractivity contribution >= 4 is 12.4 Å². The highest BCUT2D eigenvalue weighted by molar-refractivity contribution is 5.85. The largest absolute Gasteiger partial charge is 0.198 e. The number of hydrogen-bond donors (Lipinski definition) is 0. The Labute approximate surface area is 67.8 Å². The van der Waals surface area contributed by atoms with Crippen molar-refractivity contribution in [2.24, 2.45) is 0 Å². The van der Waals surface area contributed by atoms with Gasteiger partial charge in [-0.25, -0.2) is 0 Å². The van der Waals surface area contributed by atoms with Gasteiger partial charge in [0.2, 0.25) is 0 Å². The molecular formula is C8H10ClN. The number of hydrogen-bond acceptors (Lipinski definition) is 1. The van der Waals surface area contributed by atoms with E-state index in [9.17, 15) is 0 Å². The first-order chi connectivity index (χ1) is 4.41. The van der Waals surface area contributed by atoms with Gasteiger partial charge in [0.1, 0.15) is 0 Å². The van der Waals surface area contributed by atoms with Crippen LogP contribution in [-0.4, -0.2) is 0 Å². The zero-order chi connectivity index (χ0) is 6.95. The lowest BCUT2D eigenvalue weighted by Gasteiger charge is -1.70. The lowest BCUT2D eigenvalue weighted by Crippen LogP contribution is -1.53. The molecule has 0 amide bonds. The maximum atomic E-state index is 8.08. The molecule has 0 heterocycles. The second kappa shape index (κ2) is 10.9. The minimum atomic E-state index is 0. The molecule has 0 aliphatic rings. The molecule has 10 heavy (non-hydrogen) atoms. The molecule has 0 aromatic heterocycles. The quantitative estimate of drug-likeness (QED) is 0.575. The van der Waals surface area contributed by atoms with Crippen molar-refractivity contribution in [2.75, 3.05) is 0 Å². The fourth-order valence-electron chi connectivity index (χ4n) is 0.342. The summed E-state index contributed by atoms with van der Waals surface area (Å²) in [5, 5.41) is 8.08. The van der Waals surface area contributed by atoms with Crippen LogP contribution in [0.15, 0.2) is 37.0 Å². The molecule has 0 fully saturated rings. The Morgan fingerprint density at radius 2 is 2.00 bits per heavy atom. The van der Waals surface area contributed by atoms with Crippen molar-refractivity contribution in [3.05, 3.63) is 37.0 Å². The van der Waals surface area contributed by atoms with E-state index in [1.807, 2.05) is 24.3 Å². The van der Waals surface area contributed by atoms with Crippen LogP contribution in [0.4, 0.5) is 0 Å². The van der Waals surface area contributed by atoms with Crippen LogP contribution in [0.25, 0.3) is 0 Å². The molecule has 0 atom stereocenters. The maximum absolute atomic E-state index is 8.08. The Bertz CT molecular complexity index is 163. The Kier molecular flexibility index (Phi) is 12.8. The van der Waals surface area contributed by atoms with E-state index in [0.717, 1.165) is 0 Å². The van der Waals surface area contributed by atoms with Gasteiger partial charge in [-0.2, -0.15) is 5.26 Å². The summed E-state index contributed by atoms with van der Waals surface area (Å²) in [6, 6.07) is 2.00. The summed E-state index contributed by atoms with van der Waals surface area (Å²) in [6.07, 6.45) is 9.43. The van der Waals surface area contributed by atoms with Gasteiger partial charge in [0.05, 0.1) is 12.5 Å². The first-order valence-corrected chi connectivity index (χ1v) is 2.73. The Morgan fingerprint density at radius 3 is 2.50 bits per heavy atom. The zero-order valence-corrected chi connectivity index (χ0v) is 6.47. The van der Waals surface area contributed by atoms with Crippen molar-refractivity contribution in [1.29, 1.82) is 5.26 Å². The Morgan fingerprint density at radius 1 is 1.30 bits per heavy atom.